The molecule has 6 nitrogen and oxygen atoms in total. The molecule has 1 fully saturated rings. The van der Waals surface area contributed by atoms with Crippen LogP contribution in [-0.2, 0) is 0 Å². The third-order valence-corrected chi connectivity index (χ3v) is 5.24. The molecule has 4 rings (SSSR count). The van der Waals surface area contributed by atoms with Gasteiger partial charge in [0, 0.05) is 30.6 Å². The zero-order chi connectivity index (χ0) is 19.5. The van der Waals surface area contributed by atoms with Gasteiger partial charge in [-0.3, -0.25) is 9.78 Å². The first-order chi connectivity index (χ1) is 13.7. The number of aromatic nitrogens is 2. The van der Waals surface area contributed by atoms with Crippen LogP contribution in [0.5, 0.6) is 5.88 Å². The Morgan fingerprint density at radius 1 is 1.21 bits per heavy atom. The minimum atomic E-state index is -0.0329. The van der Waals surface area contributed by atoms with Gasteiger partial charge >= 0.3 is 0 Å². The molecule has 0 radical (unpaired) electrons. The van der Waals surface area contributed by atoms with Gasteiger partial charge in [0.1, 0.15) is 5.56 Å². The van der Waals surface area contributed by atoms with Crippen LogP contribution in [0.4, 0.5) is 5.69 Å². The maximum absolute atomic E-state index is 12.9. The van der Waals surface area contributed by atoms with Gasteiger partial charge in [-0.1, -0.05) is 18.2 Å². The van der Waals surface area contributed by atoms with E-state index in [9.17, 15) is 4.79 Å². The van der Waals surface area contributed by atoms with E-state index in [2.05, 4.69) is 4.98 Å². The van der Waals surface area contributed by atoms with Gasteiger partial charge in [0.05, 0.1) is 23.5 Å². The van der Waals surface area contributed by atoms with Crippen LogP contribution in [0.2, 0.25) is 0 Å². The lowest BCUT2D eigenvalue weighted by molar-refractivity contribution is 0.0707. The molecule has 6 heteroatoms. The Hall–Kier alpha value is -3.15. The number of carbonyl (C=O) groups excluding carboxylic acids is 1. The van der Waals surface area contributed by atoms with E-state index in [1.165, 1.54) is 0 Å². The van der Waals surface area contributed by atoms with Crippen molar-refractivity contribution in [2.75, 3.05) is 25.4 Å². The predicted octanol–water partition coefficient (Wildman–Crippen LogP) is 3.63. The highest BCUT2D eigenvalue weighted by Crippen LogP contribution is 2.33. The Morgan fingerprint density at radius 3 is 2.79 bits per heavy atom. The van der Waals surface area contributed by atoms with Crippen molar-refractivity contribution in [3.05, 3.63) is 59.9 Å². The monoisotopic (exact) mass is 376 g/mol. The molecule has 1 aliphatic rings. The molecular weight excluding hydrogens is 352 g/mol. The van der Waals surface area contributed by atoms with Crippen molar-refractivity contribution < 1.29 is 9.53 Å². The number of nitrogens with zero attached hydrogens (tertiary/aromatic N) is 3. The molecule has 3 heterocycles. The number of likely N-dealkylation sites (tertiary alicyclic amines) is 1. The second kappa shape index (κ2) is 7.84. The quantitative estimate of drug-likeness (QED) is 0.752. The maximum Gasteiger partial charge on any atom is 0.259 e. The fourth-order valence-corrected chi connectivity index (χ4v) is 3.81. The van der Waals surface area contributed by atoms with E-state index >= 15 is 0 Å². The summed E-state index contributed by atoms with van der Waals surface area (Å²) in [6, 6.07) is 13.5. The Balaban J connectivity index is 1.49. The number of rotatable bonds is 4. The molecule has 2 aromatic heterocycles. The highest BCUT2D eigenvalue weighted by molar-refractivity contribution is 5.96. The molecule has 1 aliphatic heterocycles. The van der Waals surface area contributed by atoms with Crippen LogP contribution in [0, 0.1) is 0 Å². The number of anilines is 1. The molecule has 0 atom stereocenters. The Morgan fingerprint density at radius 2 is 2.00 bits per heavy atom. The summed E-state index contributed by atoms with van der Waals surface area (Å²) in [6.07, 6.45) is 3.32. The average Bonchev–Trinajstić information content (AvgIpc) is 2.73. The van der Waals surface area contributed by atoms with E-state index in [1.54, 1.807) is 18.3 Å². The largest absolute Gasteiger partial charge is 0.477 e. The topological polar surface area (TPSA) is 81.3 Å². The molecule has 28 heavy (non-hydrogen) atoms. The van der Waals surface area contributed by atoms with Gasteiger partial charge in [0.25, 0.3) is 5.91 Å². The van der Waals surface area contributed by atoms with Gasteiger partial charge in [-0.2, -0.15) is 0 Å². The van der Waals surface area contributed by atoms with Gasteiger partial charge in [0.2, 0.25) is 5.88 Å². The molecule has 0 bridgehead atoms. The van der Waals surface area contributed by atoms with Gasteiger partial charge in [-0.15, -0.1) is 0 Å². The third-order valence-electron chi connectivity index (χ3n) is 5.24. The number of para-hydroxylation sites is 1. The standard InChI is InChI=1S/C22H24N4O2/c1-2-28-21-17(7-5-11-24-21)22(27)26-12-9-15(10-13-26)20-18(23)14-16-6-3-4-8-19(16)25-20/h3-8,11,14-15H,2,9-10,12-13,23H2,1H3. The highest BCUT2D eigenvalue weighted by atomic mass is 16.5. The third kappa shape index (κ3) is 3.50. The van der Waals surface area contributed by atoms with Crippen molar-refractivity contribution in [2.45, 2.75) is 25.7 Å². The lowest BCUT2D eigenvalue weighted by atomic mass is 9.91. The minimum Gasteiger partial charge on any atom is -0.477 e. The van der Waals surface area contributed by atoms with Crippen LogP contribution in [-0.4, -0.2) is 40.5 Å². The summed E-state index contributed by atoms with van der Waals surface area (Å²) in [7, 11) is 0. The minimum absolute atomic E-state index is 0.0329. The molecule has 1 saturated heterocycles. The van der Waals surface area contributed by atoms with Crippen molar-refractivity contribution >= 4 is 22.5 Å². The van der Waals surface area contributed by atoms with Crippen LogP contribution in [0.3, 0.4) is 0 Å². The summed E-state index contributed by atoms with van der Waals surface area (Å²) >= 11 is 0. The number of carbonyl (C=O) groups is 1. The summed E-state index contributed by atoms with van der Waals surface area (Å²) < 4.78 is 5.51. The average molecular weight is 376 g/mol. The van der Waals surface area contributed by atoms with Crippen molar-refractivity contribution in [3.63, 3.8) is 0 Å². The first kappa shape index (κ1) is 18.2. The van der Waals surface area contributed by atoms with E-state index in [0.717, 1.165) is 35.1 Å². The van der Waals surface area contributed by atoms with Crippen molar-refractivity contribution in [3.8, 4) is 5.88 Å². The lowest BCUT2D eigenvalue weighted by Crippen LogP contribution is -2.38. The molecule has 0 unspecified atom stereocenters. The molecule has 0 aliphatic carbocycles. The number of nitrogen functional groups attached to an aromatic ring is 1. The normalized spacial score (nSPS) is 15.0. The lowest BCUT2D eigenvalue weighted by Gasteiger charge is -2.32. The zero-order valence-electron chi connectivity index (χ0n) is 16.0. The number of piperidine rings is 1. The van der Waals surface area contributed by atoms with Gasteiger partial charge < -0.3 is 15.4 Å². The highest BCUT2D eigenvalue weighted by Gasteiger charge is 2.28. The summed E-state index contributed by atoms with van der Waals surface area (Å²) in [4.78, 5) is 23.8. The SMILES string of the molecule is CCOc1ncccc1C(=O)N1CCC(c2nc3ccccc3cc2N)CC1. The van der Waals surface area contributed by atoms with Crippen LogP contribution >= 0.6 is 0 Å². The second-order valence-corrected chi connectivity index (χ2v) is 7.01. The molecule has 1 aromatic carbocycles. The second-order valence-electron chi connectivity index (χ2n) is 7.01. The summed E-state index contributed by atoms with van der Waals surface area (Å²) in [5, 5.41) is 1.05. The summed E-state index contributed by atoms with van der Waals surface area (Å²) in [5.41, 5.74) is 9.45. The van der Waals surface area contributed by atoms with Crippen LogP contribution in [0.15, 0.2) is 48.7 Å². The number of hydrogen-bond acceptors (Lipinski definition) is 5. The number of amides is 1. The molecule has 1 amide bonds. The molecule has 144 valence electrons. The Labute approximate surface area is 164 Å². The number of ether oxygens (including phenoxy) is 1. The summed E-state index contributed by atoms with van der Waals surface area (Å²) in [6.45, 7) is 3.69. The fourth-order valence-electron chi connectivity index (χ4n) is 3.81. The number of benzene rings is 1. The van der Waals surface area contributed by atoms with E-state index in [1.807, 2.05) is 42.2 Å². The zero-order valence-corrected chi connectivity index (χ0v) is 16.0. The van der Waals surface area contributed by atoms with Crippen LogP contribution in [0.25, 0.3) is 10.9 Å². The van der Waals surface area contributed by atoms with E-state index in [4.69, 9.17) is 15.5 Å². The number of fused-ring (bicyclic) bond motifs is 1. The molecule has 2 N–H and O–H groups in total. The van der Waals surface area contributed by atoms with E-state index in [-0.39, 0.29) is 11.8 Å². The number of hydrogen-bond donors (Lipinski definition) is 1. The van der Waals surface area contributed by atoms with Crippen molar-refractivity contribution in [1.29, 1.82) is 0 Å². The molecule has 0 spiro atoms. The number of pyridine rings is 2. The van der Waals surface area contributed by atoms with Crippen molar-refractivity contribution in [1.82, 2.24) is 14.9 Å². The first-order valence-electron chi connectivity index (χ1n) is 9.69. The predicted molar refractivity (Wildman–Crippen MR) is 109 cm³/mol. The Bertz CT molecular complexity index is 997. The van der Waals surface area contributed by atoms with Crippen LogP contribution < -0.4 is 10.5 Å². The molecule has 3 aromatic rings. The Kier molecular flexibility index (Phi) is 5.10. The van der Waals surface area contributed by atoms with Gasteiger partial charge in [-0.25, -0.2) is 4.98 Å². The maximum atomic E-state index is 12.9. The van der Waals surface area contributed by atoms with Gasteiger partial charge in [0.15, 0.2) is 0 Å². The van der Waals surface area contributed by atoms with E-state index < -0.39 is 0 Å². The first-order valence-corrected chi connectivity index (χ1v) is 9.69. The molecule has 0 saturated carbocycles. The van der Waals surface area contributed by atoms with Crippen molar-refractivity contribution in [2.24, 2.45) is 0 Å². The summed E-state index contributed by atoms with van der Waals surface area (Å²) in [5.74, 6) is 0.626. The fraction of sp³-hybridized carbons (Fsp3) is 0.318. The van der Waals surface area contributed by atoms with Gasteiger partial charge in [-0.05, 0) is 44.0 Å². The smallest absolute Gasteiger partial charge is 0.259 e. The molecular formula is C22H24N4O2. The number of nitrogens with two attached hydrogens (primary N) is 1. The van der Waals surface area contributed by atoms with E-state index in [0.29, 0.717) is 31.1 Å². The van der Waals surface area contributed by atoms with Crippen LogP contribution in [0.1, 0.15) is 41.7 Å².